The van der Waals surface area contributed by atoms with Crippen molar-refractivity contribution in [2.24, 2.45) is 5.92 Å². The predicted octanol–water partition coefficient (Wildman–Crippen LogP) is 2.33. The molecule has 1 fully saturated rings. The van der Waals surface area contributed by atoms with Crippen LogP contribution in [0.25, 0.3) is 0 Å². The molecule has 2 N–H and O–H groups in total. The number of ether oxygens (including phenoxy) is 2. The lowest BCUT2D eigenvalue weighted by atomic mass is 9.96. The molecule has 2 amide bonds. The zero-order valence-electron chi connectivity index (χ0n) is 16.0. The van der Waals surface area contributed by atoms with Crippen LogP contribution < -0.4 is 15.4 Å². The molecule has 1 heterocycles. The molecule has 7 nitrogen and oxygen atoms in total. The molecule has 0 aliphatic carbocycles. The summed E-state index contributed by atoms with van der Waals surface area (Å²) in [6.45, 7) is 4.96. The SMILES string of the molecule is CC(C)(C)OC(=O)N[C@@H](C[C@@H]1CCNC1=O)C(=O)COc1ccc(F)cc1F. The second-order valence-corrected chi connectivity index (χ2v) is 7.54. The number of nitrogens with one attached hydrogen (secondary N) is 2. The molecule has 1 aliphatic rings. The van der Waals surface area contributed by atoms with E-state index in [-0.39, 0.29) is 18.1 Å². The van der Waals surface area contributed by atoms with Crippen LogP contribution in [-0.4, -0.2) is 42.6 Å². The lowest BCUT2D eigenvalue weighted by Crippen LogP contribution is -2.46. The van der Waals surface area contributed by atoms with E-state index in [0.717, 1.165) is 12.1 Å². The third kappa shape index (κ3) is 6.47. The number of carbonyl (C=O) groups is 3. The Morgan fingerprint density at radius 2 is 2.04 bits per heavy atom. The van der Waals surface area contributed by atoms with Crippen molar-refractivity contribution >= 4 is 17.8 Å². The van der Waals surface area contributed by atoms with Crippen molar-refractivity contribution in [3.05, 3.63) is 29.8 Å². The van der Waals surface area contributed by atoms with Crippen LogP contribution in [0.3, 0.4) is 0 Å². The highest BCUT2D eigenvalue weighted by Crippen LogP contribution is 2.20. The first-order valence-corrected chi connectivity index (χ1v) is 8.93. The van der Waals surface area contributed by atoms with Crippen molar-refractivity contribution < 1.29 is 32.6 Å². The smallest absolute Gasteiger partial charge is 0.408 e. The second kappa shape index (κ2) is 8.99. The molecule has 0 radical (unpaired) electrons. The number of hydrogen-bond donors (Lipinski definition) is 2. The van der Waals surface area contributed by atoms with Gasteiger partial charge in [0.1, 0.15) is 18.0 Å². The zero-order chi connectivity index (χ0) is 20.9. The first kappa shape index (κ1) is 21.6. The largest absolute Gasteiger partial charge is 0.483 e. The topological polar surface area (TPSA) is 93.7 Å². The maximum absolute atomic E-state index is 13.7. The van der Waals surface area contributed by atoms with E-state index in [9.17, 15) is 23.2 Å². The van der Waals surface area contributed by atoms with Gasteiger partial charge in [-0.15, -0.1) is 0 Å². The Balaban J connectivity index is 2.04. The summed E-state index contributed by atoms with van der Waals surface area (Å²) in [5.41, 5.74) is -0.768. The molecule has 154 valence electrons. The fourth-order valence-electron chi connectivity index (χ4n) is 2.72. The van der Waals surface area contributed by atoms with E-state index in [2.05, 4.69) is 10.6 Å². The van der Waals surface area contributed by atoms with E-state index < -0.39 is 47.7 Å². The van der Waals surface area contributed by atoms with Gasteiger partial charge in [0.25, 0.3) is 0 Å². The van der Waals surface area contributed by atoms with Gasteiger partial charge in [0.05, 0.1) is 6.04 Å². The van der Waals surface area contributed by atoms with E-state index in [0.29, 0.717) is 19.0 Å². The average Bonchev–Trinajstić information content (AvgIpc) is 2.96. The number of carbonyl (C=O) groups excluding carboxylic acids is 3. The minimum absolute atomic E-state index is 0.0686. The van der Waals surface area contributed by atoms with Gasteiger partial charge in [-0.05, 0) is 45.7 Å². The number of benzene rings is 1. The maximum Gasteiger partial charge on any atom is 0.408 e. The van der Waals surface area contributed by atoms with Crippen LogP contribution in [0.2, 0.25) is 0 Å². The van der Waals surface area contributed by atoms with Crippen molar-refractivity contribution in [3.63, 3.8) is 0 Å². The number of alkyl carbamates (subject to hydrolysis) is 1. The van der Waals surface area contributed by atoms with E-state index in [1.165, 1.54) is 0 Å². The van der Waals surface area contributed by atoms with Crippen molar-refractivity contribution in [1.29, 1.82) is 0 Å². The molecular formula is C19H24F2N2O5. The fraction of sp³-hybridized carbons (Fsp3) is 0.526. The highest BCUT2D eigenvalue weighted by atomic mass is 19.1. The van der Waals surface area contributed by atoms with Gasteiger partial charge < -0.3 is 20.1 Å². The normalized spacial score (nSPS) is 17.6. The highest BCUT2D eigenvalue weighted by Gasteiger charge is 2.32. The van der Waals surface area contributed by atoms with Crippen LogP contribution in [-0.2, 0) is 14.3 Å². The van der Waals surface area contributed by atoms with Gasteiger partial charge in [0.15, 0.2) is 17.3 Å². The predicted molar refractivity (Wildman–Crippen MR) is 95.8 cm³/mol. The van der Waals surface area contributed by atoms with Crippen LogP contribution in [0.1, 0.15) is 33.6 Å². The first-order chi connectivity index (χ1) is 13.0. The van der Waals surface area contributed by atoms with Gasteiger partial charge in [-0.2, -0.15) is 0 Å². The molecule has 0 aromatic heterocycles. The van der Waals surface area contributed by atoms with Crippen molar-refractivity contribution in [2.45, 2.75) is 45.3 Å². The number of rotatable bonds is 7. The second-order valence-electron chi connectivity index (χ2n) is 7.54. The molecule has 1 aromatic carbocycles. The molecule has 9 heteroatoms. The minimum atomic E-state index is -1.05. The summed E-state index contributed by atoms with van der Waals surface area (Å²) in [6.07, 6.45) is -0.206. The number of halogens is 2. The number of hydrogen-bond acceptors (Lipinski definition) is 5. The van der Waals surface area contributed by atoms with Crippen LogP contribution in [0, 0.1) is 17.6 Å². The third-order valence-corrected chi connectivity index (χ3v) is 4.03. The third-order valence-electron chi connectivity index (χ3n) is 4.03. The van der Waals surface area contributed by atoms with E-state index in [4.69, 9.17) is 9.47 Å². The molecule has 0 spiro atoms. The Labute approximate surface area is 161 Å². The molecule has 1 saturated heterocycles. The van der Waals surface area contributed by atoms with Crippen molar-refractivity contribution in [1.82, 2.24) is 10.6 Å². The molecule has 2 rings (SSSR count). The summed E-state index contributed by atoms with van der Waals surface area (Å²) >= 11 is 0. The monoisotopic (exact) mass is 398 g/mol. The summed E-state index contributed by atoms with van der Waals surface area (Å²) in [4.78, 5) is 36.5. The first-order valence-electron chi connectivity index (χ1n) is 8.93. The molecule has 0 unspecified atom stereocenters. The summed E-state index contributed by atoms with van der Waals surface area (Å²) in [5, 5.41) is 5.12. The Bertz CT molecular complexity index is 748. The Hall–Kier alpha value is -2.71. The maximum atomic E-state index is 13.7. The highest BCUT2D eigenvalue weighted by molar-refractivity contribution is 5.90. The molecule has 1 aromatic rings. The van der Waals surface area contributed by atoms with Gasteiger partial charge in [-0.25, -0.2) is 13.6 Å². The summed E-state index contributed by atoms with van der Waals surface area (Å²) in [5.74, 6) is -3.20. The van der Waals surface area contributed by atoms with Crippen LogP contribution in [0.4, 0.5) is 13.6 Å². The lowest BCUT2D eigenvalue weighted by Gasteiger charge is -2.24. The van der Waals surface area contributed by atoms with E-state index in [1.54, 1.807) is 20.8 Å². The van der Waals surface area contributed by atoms with Gasteiger partial charge in [0, 0.05) is 18.5 Å². The lowest BCUT2D eigenvalue weighted by molar-refractivity contribution is -0.125. The van der Waals surface area contributed by atoms with E-state index in [1.807, 2.05) is 0 Å². The minimum Gasteiger partial charge on any atom is -0.483 e. The van der Waals surface area contributed by atoms with Gasteiger partial charge >= 0.3 is 6.09 Å². The van der Waals surface area contributed by atoms with Crippen molar-refractivity contribution in [2.75, 3.05) is 13.2 Å². The zero-order valence-corrected chi connectivity index (χ0v) is 16.0. The van der Waals surface area contributed by atoms with Crippen molar-refractivity contribution in [3.8, 4) is 5.75 Å². The van der Waals surface area contributed by atoms with Gasteiger partial charge in [-0.3, -0.25) is 9.59 Å². The molecule has 28 heavy (non-hydrogen) atoms. The standard InChI is InChI=1S/C19H24F2N2O5/c1-19(2,3)28-18(26)23-14(8-11-6-7-22-17(11)25)15(24)10-27-16-5-4-12(20)9-13(16)21/h4-5,9,11,14H,6-8,10H2,1-3H3,(H,22,25)(H,23,26)/t11-,14-/m0/s1. The Kier molecular flexibility index (Phi) is 6.93. The Morgan fingerprint density at radius 1 is 1.32 bits per heavy atom. The molecule has 1 aliphatic heterocycles. The van der Waals surface area contributed by atoms with Gasteiger partial charge in [0.2, 0.25) is 5.91 Å². The van der Waals surface area contributed by atoms with Gasteiger partial charge in [-0.1, -0.05) is 0 Å². The molecular weight excluding hydrogens is 374 g/mol. The van der Waals surface area contributed by atoms with Crippen LogP contribution in [0.15, 0.2) is 18.2 Å². The molecule has 0 saturated carbocycles. The number of amides is 2. The summed E-state index contributed by atoms with van der Waals surface area (Å²) in [6, 6.07) is 1.66. The average molecular weight is 398 g/mol. The Morgan fingerprint density at radius 3 is 2.61 bits per heavy atom. The van der Waals surface area contributed by atoms with Crippen LogP contribution in [0.5, 0.6) is 5.75 Å². The summed E-state index contributed by atoms with van der Waals surface area (Å²) < 4.78 is 36.9. The molecule has 2 atom stereocenters. The quantitative estimate of drug-likeness (QED) is 0.735. The molecule has 0 bridgehead atoms. The summed E-state index contributed by atoms with van der Waals surface area (Å²) in [7, 11) is 0. The number of Topliss-reactive ketones (excluding diaryl/α,β-unsaturated/α-hetero) is 1. The number of ketones is 1. The fourth-order valence-corrected chi connectivity index (χ4v) is 2.72. The van der Waals surface area contributed by atoms with Crippen LogP contribution >= 0.6 is 0 Å². The van der Waals surface area contributed by atoms with E-state index >= 15 is 0 Å².